The van der Waals surface area contributed by atoms with Gasteiger partial charge in [-0.3, -0.25) is 4.79 Å². The van der Waals surface area contributed by atoms with Gasteiger partial charge in [-0.1, -0.05) is 30.3 Å². The van der Waals surface area contributed by atoms with E-state index in [4.69, 9.17) is 0 Å². The van der Waals surface area contributed by atoms with Gasteiger partial charge in [0.1, 0.15) is 6.07 Å². The highest BCUT2D eigenvalue weighted by Gasteiger charge is 2.30. The average Bonchev–Trinajstić information content (AvgIpc) is 2.72. The minimum atomic E-state index is -4.54. The molecule has 0 heterocycles. The van der Waals surface area contributed by atoms with Crippen molar-refractivity contribution < 1.29 is 22.2 Å². The van der Waals surface area contributed by atoms with Crippen molar-refractivity contribution in [2.24, 2.45) is 0 Å². The van der Waals surface area contributed by atoms with Gasteiger partial charge in [0.2, 0.25) is 0 Å². The predicted octanol–water partition coefficient (Wildman–Crippen LogP) is 5.00. The largest absolute Gasteiger partial charge is 0.416 e. The number of rotatable bonds is 4. The van der Waals surface area contributed by atoms with Crippen molar-refractivity contribution in [3.63, 3.8) is 0 Å². The maximum atomic E-state index is 13.0. The molecule has 0 saturated heterocycles. The van der Waals surface area contributed by atoms with Crippen LogP contribution in [-0.2, 0) is 17.0 Å². The van der Waals surface area contributed by atoms with E-state index in [9.17, 15) is 27.4 Å². The second kappa shape index (κ2) is 8.29. The fraction of sp³-hybridized carbons (Fsp3) is 0.0476. The lowest BCUT2D eigenvalue weighted by atomic mass is 10.1. The van der Waals surface area contributed by atoms with Gasteiger partial charge < -0.3 is 5.32 Å². The van der Waals surface area contributed by atoms with Gasteiger partial charge in [0.05, 0.1) is 37.3 Å². The summed E-state index contributed by atoms with van der Waals surface area (Å²) in [5.41, 5.74) is -0.687. The molecule has 4 nitrogen and oxygen atoms in total. The molecule has 29 heavy (non-hydrogen) atoms. The summed E-state index contributed by atoms with van der Waals surface area (Å²) in [5.74, 6) is -0.706. The van der Waals surface area contributed by atoms with Gasteiger partial charge in [-0.05, 0) is 42.5 Å². The fourth-order valence-corrected chi connectivity index (χ4v) is 3.94. The third kappa shape index (κ3) is 4.52. The Kier molecular flexibility index (Phi) is 5.80. The number of carbonyl (C=O) groups is 1. The molecule has 0 bridgehead atoms. The molecule has 0 aliphatic heterocycles. The van der Waals surface area contributed by atoms with E-state index >= 15 is 0 Å². The molecule has 3 rings (SSSR count). The molecule has 3 aromatic carbocycles. The molecule has 0 aliphatic carbocycles. The van der Waals surface area contributed by atoms with Crippen molar-refractivity contribution in [3.05, 3.63) is 89.5 Å². The van der Waals surface area contributed by atoms with Crippen LogP contribution < -0.4 is 5.32 Å². The fourth-order valence-electron chi connectivity index (χ4n) is 2.63. The molecular formula is C21H13F3N2O2S. The number of nitrogens with one attached hydrogen (secondary N) is 1. The molecule has 0 spiro atoms. The molecule has 0 aliphatic rings. The molecule has 0 unspecified atom stereocenters. The number of carbonyl (C=O) groups excluding carboxylic acids is 1. The molecule has 0 aromatic heterocycles. The first-order valence-corrected chi connectivity index (χ1v) is 9.45. The van der Waals surface area contributed by atoms with Gasteiger partial charge in [-0.25, -0.2) is 4.21 Å². The van der Waals surface area contributed by atoms with Crippen LogP contribution in [0.15, 0.2) is 82.6 Å². The minimum Gasteiger partial charge on any atom is -0.322 e. The second-order valence-electron chi connectivity index (χ2n) is 5.91. The van der Waals surface area contributed by atoms with E-state index in [2.05, 4.69) is 5.32 Å². The van der Waals surface area contributed by atoms with E-state index in [1.54, 1.807) is 24.3 Å². The third-order valence-corrected chi connectivity index (χ3v) is 5.50. The topological polar surface area (TPSA) is 70.0 Å². The van der Waals surface area contributed by atoms with E-state index in [1.165, 1.54) is 36.4 Å². The van der Waals surface area contributed by atoms with Crippen molar-refractivity contribution in [2.45, 2.75) is 16.0 Å². The zero-order chi connectivity index (χ0) is 21.0. The first-order chi connectivity index (χ1) is 13.8. The van der Waals surface area contributed by atoms with Crippen molar-refractivity contribution in [1.29, 1.82) is 5.26 Å². The van der Waals surface area contributed by atoms with Crippen LogP contribution in [0, 0.1) is 11.3 Å². The lowest BCUT2D eigenvalue weighted by molar-refractivity contribution is -0.137. The minimum absolute atomic E-state index is 0.0380. The van der Waals surface area contributed by atoms with Crippen LogP contribution in [0.25, 0.3) is 0 Å². The van der Waals surface area contributed by atoms with Gasteiger partial charge in [0.15, 0.2) is 0 Å². The van der Waals surface area contributed by atoms with E-state index in [-0.39, 0.29) is 26.6 Å². The summed E-state index contributed by atoms with van der Waals surface area (Å²) in [6, 6.07) is 18.5. The number of nitriles is 1. The van der Waals surface area contributed by atoms with Gasteiger partial charge in [0, 0.05) is 5.69 Å². The van der Waals surface area contributed by atoms with Crippen LogP contribution in [0.4, 0.5) is 18.9 Å². The molecule has 1 N–H and O–H groups in total. The summed E-state index contributed by atoms with van der Waals surface area (Å²) in [7, 11) is -1.83. The monoisotopic (exact) mass is 414 g/mol. The SMILES string of the molecule is N#Cc1ccccc1[S@@](=O)c1ccccc1C(=O)Nc1cccc(C(F)(F)F)c1. The van der Waals surface area contributed by atoms with Crippen LogP contribution >= 0.6 is 0 Å². The average molecular weight is 414 g/mol. The van der Waals surface area contributed by atoms with Gasteiger partial charge in [0.25, 0.3) is 5.91 Å². The number of hydrogen-bond donors (Lipinski definition) is 1. The van der Waals surface area contributed by atoms with Crippen LogP contribution in [0.5, 0.6) is 0 Å². The van der Waals surface area contributed by atoms with Crippen LogP contribution in [0.3, 0.4) is 0 Å². The normalized spacial score (nSPS) is 12.1. The molecule has 8 heteroatoms. The van der Waals surface area contributed by atoms with Crippen molar-refractivity contribution >= 4 is 22.4 Å². The summed E-state index contributed by atoms with van der Waals surface area (Å²) >= 11 is 0. The Bertz CT molecular complexity index is 1140. The van der Waals surface area contributed by atoms with E-state index < -0.39 is 28.4 Å². The number of alkyl halides is 3. The van der Waals surface area contributed by atoms with Crippen molar-refractivity contribution in [1.82, 2.24) is 0 Å². The lowest BCUT2D eigenvalue weighted by Gasteiger charge is -2.12. The van der Waals surface area contributed by atoms with Gasteiger partial charge in [-0.15, -0.1) is 0 Å². The highest BCUT2D eigenvalue weighted by molar-refractivity contribution is 7.85. The van der Waals surface area contributed by atoms with E-state index in [0.717, 1.165) is 12.1 Å². The first kappa shape index (κ1) is 20.3. The Balaban J connectivity index is 1.94. The number of anilines is 1. The number of halogens is 3. The Hall–Kier alpha value is -3.44. The van der Waals surface area contributed by atoms with Crippen molar-refractivity contribution in [2.75, 3.05) is 5.32 Å². The Morgan fingerprint density at radius 1 is 0.931 bits per heavy atom. The zero-order valence-corrected chi connectivity index (χ0v) is 15.6. The molecule has 3 aromatic rings. The maximum absolute atomic E-state index is 13.0. The Morgan fingerprint density at radius 3 is 2.28 bits per heavy atom. The second-order valence-corrected chi connectivity index (χ2v) is 7.32. The lowest BCUT2D eigenvalue weighted by Crippen LogP contribution is -2.15. The molecule has 1 amide bonds. The number of amides is 1. The van der Waals surface area contributed by atoms with E-state index in [0.29, 0.717) is 0 Å². The number of nitrogens with zero attached hydrogens (tertiary/aromatic N) is 1. The standard InChI is InChI=1S/C21H13F3N2O2S/c22-21(23,24)15-7-5-8-16(12-15)26-20(27)17-9-2-4-11-19(17)29(28)18-10-3-1-6-14(18)13-25/h1-12H,(H,26,27)/t29-/m1/s1. The highest BCUT2D eigenvalue weighted by atomic mass is 32.2. The van der Waals surface area contributed by atoms with Crippen LogP contribution in [-0.4, -0.2) is 10.1 Å². The summed E-state index contributed by atoms with van der Waals surface area (Å²) in [5, 5.41) is 11.6. The summed E-state index contributed by atoms with van der Waals surface area (Å²) in [4.78, 5) is 13.1. The third-order valence-electron chi connectivity index (χ3n) is 3.99. The zero-order valence-electron chi connectivity index (χ0n) is 14.7. The maximum Gasteiger partial charge on any atom is 0.416 e. The number of benzene rings is 3. The molecule has 0 radical (unpaired) electrons. The predicted molar refractivity (Wildman–Crippen MR) is 102 cm³/mol. The quantitative estimate of drug-likeness (QED) is 0.653. The smallest absolute Gasteiger partial charge is 0.322 e. The summed E-state index contributed by atoms with van der Waals surface area (Å²) in [6.45, 7) is 0. The first-order valence-electron chi connectivity index (χ1n) is 8.30. The molecule has 146 valence electrons. The van der Waals surface area contributed by atoms with Crippen LogP contribution in [0.2, 0.25) is 0 Å². The van der Waals surface area contributed by atoms with Crippen LogP contribution in [0.1, 0.15) is 21.5 Å². The summed E-state index contributed by atoms with van der Waals surface area (Å²) in [6.07, 6.45) is -4.54. The van der Waals surface area contributed by atoms with Gasteiger partial charge in [-0.2, -0.15) is 18.4 Å². The molecule has 0 fully saturated rings. The molecular weight excluding hydrogens is 401 g/mol. The number of hydrogen-bond acceptors (Lipinski definition) is 3. The highest BCUT2D eigenvalue weighted by Crippen LogP contribution is 2.31. The van der Waals surface area contributed by atoms with E-state index in [1.807, 2.05) is 6.07 Å². The van der Waals surface area contributed by atoms with Gasteiger partial charge >= 0.3 is 6.18 Å². The Labute approximate surface area is 167 Å². The summed E-state index contributed by atoms with van der Waals surface area (Å²) < 4.78 is 51.7. The van der Waals surface area contributed by atoms with Crippen molar-refractivity contribution in [3.8, 4) is 6.07 Å². The molecule has 0 saturated carbocycles. The Morgan fingerprint density at radius 2 is 1.59 bits per heavy atom. The molecule has 1 atom stereocenters.